The van der Waals surface area contributed by atoms with Crippen LogP contribution in [0.4, 0.5) is 5.69 Å². The fraction of sp³-hybridized carbons (Fsp3) is 0.462. The van der Waals surface area contributed by atoms with Crippen LogP contribution in [0.3, 0.4) is 0 Å². The Hall–Kier alpha value is -1.15. The van der Waals surface area contributed by atoms with E-state index in [1.165, 1.54) is 18.2 Å². The van der Waals surface area contributed by atoms with Crippen LogP contribution in [0.25, 0.3) is 0 Å². The molecule has 4 N–H and O–H groups in total. The van der Waals surface area contributed by atoms with Gasteiger partial charge in [0.2, 0.25) is 15.9 Å². The second-order valence-corrected chi connectivity index (χ2v) is 7.10. The van der Waals surface area contributed by atoms with E-state index in [2.05, 4.69) is 10.6 Å². The summed E-state index contributed by atoms with van der Waals surface area (Å²) in [6.07, 6.45) is 2.31. The molecule has 0 aliphatic carbocycles. The number of halogens is 1. The standard InChI is InChI=1S/C13H18ClN3O3S/c14-11-2-1-10(21(15,19)20)8-12(11)17-13(18)7-9-3-5-16-6-4-9/h1-2,8-9,16H,3-7H2,(H,17,18)(H2,15,19,20). The van der Waals surface area contributed by atoms with E-state index in [9.17, 15) is 13.2 Å². The molecule has 21 heavy (non-hydrogen) atoms. The molecule has 0 atom stereocenters. The van der Waals surface area contributed by atoms with Gasteiger partial charge in [-0.3, -0.25) is 4.79 Å². The predicted molar refractivity (Wildman–Crippen MR) is 81.7 cm³/mol. The lowest BCUT2D eigenvalue weighted by atomic mass is 9.94. The number of rotatable bonds is 4. The lowest BCUT2D eigenvalue weighted by Gasteiger charge is -2.22. The number of primary sulfonamides is 1. The topological polar surface area (TPSA) is 101 Å². The summed E-state index contributed by atoms with van der Waals surface area (Å²) in [6, 6.07) is 3.99. The molecule has 0 radical (unpaired) electrons. The highest BCUT2D eigenvalue weighted by atomic mass is 35.5. The van der Waals surface area contributed by atoms with Gasteiger partial charge in [-0.15, -0.1) is 0 Å². The number of nitrogens with two attached hydrogens (primary N) is 1. The molecule has 1 aromatic rings. The van der Waals surface area contributed by atoms with Gasteiger partial charge in [0.05, 0.1) is 15.6 Å². The summed E-state index contributed by atoms with van der Waals surface area (Å²) in [5.74, 6) is 0.168. The molecule has 1 amide bonds. The molecule has 1 saturated heterocycles. The first-order valence-electron chi connectivity index (χ1n) is 6.69. The quantitative estimate of drug-likeness (QED) is 0.774. The van der Waals surface area contributed by atoms with Gasteiger partial charge >= 0.3 is 0 Å². The van der Waals surface area contributed by atoms with E-state index in [4.69, 9.17) is 16.7 Å². The molecule has 0 saturated carbocycles. The summed E-state index contributed by atoms with van der Waals surface area (Å²) in [6.45, 7) is 1.83. The van der Waals surface area contributed by atoms with Gasteiger partial charge in [0.15, 0.2) is 0 Å². The van der Waals surface area contributed by atoms with Crippen molar-refractivity contribution in [1.29, 1.82) is 0 Å². The first kappa shape index (κ1) is 16.2. The van der Waals surface area contributed by atoms with E-state index in [1.807, 2.05) is 0 Å². The minimum absolute atomic E-state index is 0.0796. The monoisotopic (exact) mass is 331 g/mol. The third-order valence-electron chi connectivity index (χ3n) is 3.47. The lowest BCUT2D eigenvalue weighted by Crippen LogP contribution is -2.30. The van der Waals surface area contributed by atoms with Crippen LogP contribution in [0.5, 0.6) is 0 Å². The SMILES string of the molecule is NS(=O)(=O)c1ccc(Cl)c(NC(=O)CC2CCNCC2)c1. The summed E-state index contributed by atoms with van der Waals surface area (Å²) in [5, 5.41) is 11.2. The third kappa shape index (κ3) is 4.67. The Labute approximate surface area is 129 Å². The van der Waals surface area contributed by atoms with Gasteiger partial charge in [-0.25, -0.2) is 13.6 Å². The molecule has 0 bridgehead atoms. The van der Waals surface area contributed by atoms with Crippen molar-refractivity contribution in [2.45, 2.75) is 24.2 Å². The van der Waals surface area contributed by atoms with Crippen LogP contribution in [0.15, 0.2) is 23.1 Å². The molecule has 1 aliphatic rings. The molecular weight excluding hydrogens is 314 g/mol. The molecule has 8 heteroatoms. The predicted octanol–water partition coefficient (Wildman–Crippen LogP) is 1.32. The van der Waals surface area contributed by atoms with Crippen molar-refractivity contribution in [3.05, 3.63) is 23.2 Å². The molecule has 1 aliphatic heterocycles. The zero-order valence-corrected chi connectivity index (χ0v) is 13.0. The Morgan fingerprint density at radius 1 is 1.38 bits per heavy atom. The van der Waals surface area contributed by atoms with Crippen LogP contribution >= 0.6 is 11.6 Å². The largest absolute Gasteiger partial charge is 0.325 e. The van der Waals surface area contributed by atoms with E-state index in [-0.39, 0.29) is 21.5 Å². The zero-order chi connectivity index (χ0) is 15.5. The molecule has 2 rings (SSSR count). The smallest absolute Gasteiger partial charge is 0.238 e. The maximum absolute atomic E-state index is 12.0. The van der Waals surface area contributed by atoms with Crippen molar-refractivity contribution in [2.24, 2.45) is 11.1 Å². The maximum atomic E-state index is 12.0. The van der Waals surface area contributed by atoms with Gasteiger partial charge in [-0.2, -0.15) is 0 Å². The van der Waals surface area contributed by atoms with Crippen molar-refractivity contribution >= 4 is 33.2 Å². The molecular formula is C13H18ClN3O3S. The number of carbonyl (C=O) groups excluding carboxylic acids is 1. The van der Waals surface area contributed by atoms with Gasteiger partial charge in [0.1, 0.15) is 0 Å². The van der Waals surface area contributed by atoms with E-state index >= 15 is 0 Å². The van der Waals surface area contributed by atoms with E-state index < -0.39 is 10.0 Å². The minimum Gasteiger partial charge on any atom is -0.325 e. The summed E-state index contributed by atoms with van der Waals surface area (Å²) in [4.78, 5) is 11.9. The Morgan fingerprint density at radius 2 is 2.05 bits per heavy atom. The number of anilines is 1. The molecule has 1 heterocycles. The van der Waals surface area contributed by atoms with Crippen molar-refractivity contribution in [3.8, 4) is 0 Å². The van der Waals surface area contributed by atoms with Crippen LogP contribution < -0.4 is 15.8 Å². The number of nitrogens with one attached hydrogen (secondary N) is 2. The van der Waals surface area contributed by atoms with Crippen molar-refractivity contribution in [2.75, 3.05) is 18.4 Å². The Kier molecular flexibility index (Phi) is 5.21. The number of carbonyl (C=O) groups is 1. The Morgan fingerprint density at radius 3 is 2.67 bits per heavy atom. The maximum Gasteiger partial charge on any atom is 0.238 e. The average Bonchev–Trinajstić information content (AvgIpc) is 2.41. The van der Waals surface area contributed by atoms with Crippen LogP contribution in [-0.2, 0) is 14.8 Å². The van der Waals surface area contributed by atoms with Crippen LogP contribution in [0.1, 0.15) is 19.3 Å². The highest BCUT2D eigenvalue weighted by Crippen LogP contribution is 2.25. The van der Waals surface area contributed by atoms with E-state index in [0.29, 0.717) is 12.3 Å². The summed E-state index contributed by atoms with van der Waals surface area (Å²) < 4.78 is 22.6. The van der Waals surface area contributed by atoms with Crippen LogP contribution in [0.2, 0.25) is 5.02 Å². The van der Waals surface area contributed by atoms with Crippen molar-refractivity contribution in [1.82, 2.24) is 5.32 Å². The van der Waals surface area contributed by atoms with Crippen LogP contribution in [0, 0.1) is 5.92 Å². The van der Waals surface area contributed by atoms with Gasteiger partial charge in [0.25, 0.3) is 0 Å². The number of amides is 1. The lowest BCUT2D eigenvalue weighted by molar-refractivity contribution is -0.117. The Balaban J connectivity index is 2.06. The van der Waals surface area contributed by atoms with Crippen molar-refractivity contribution in [3.63, 3.8) is 0 Å². The molecule has 0 unspecified atom stereocenters. The number of hydrogen-bond donors (Lipinski definition) is 3. The number of piperidine rings is 1. The molecule has 0 aromatic heterocycles. The van der Waals surface area contributed by atoms with Crippen LogP contribution in [-0.4, -0.2) is 27.4 Å². The molecule has 6 nitrogen and oxygen atoms in total. The molecule has 116 valence electrons. The minimum atomic E-state index is -3.82. The normalized spacial score (nSPS) is 16.7. The highest BCUT2D eigenvalue weighted by molar-refractivity contribution is 7.89. The Bertz CT molecular complexity index is 628. The second kappa shape index (κ2) is 6.74. The molecule has 1 fully saturated rings. The van der Waals surface area contributed by atoms with Gasteiger partial charge < -0.3 is 10.6 Å². The first-order chi connectivity index (χ1) is 9.86. The van der Waals surface area contributed by atoms with E-state index in [1.54, 1.807) is 0 Å². The molecule has 0 spiro atoms. The zero-order valence-electron chi connectivity index (χ0n) is 11.4. The summed E-state index contributed by atoms with van der Waals surface area (Å²) in [7, 11) is -3.82. The van der Waals surface area contributed by atoms with E-state index in [0.717, 1.165) is 25.9 Å². The first-order valence-corrected chi connectivity index (χ1v) is 8.61. The average molecular weight is 332 g/mol. The van der Waals surface area contributed by atoms with Gasteiger partial charge in [-0.05, 0) is 50.0 Å². The summed E-state index contributed by atoms with van der Waals surface area (Å²) >= 11 is 5.97. The molecule has 1 aromatic carbocycles. The summed E-state index contributed by atoms with van der Waals surface area (Å²) in [5.41, 5.74) is 0.266. The number of sulfonamides is 1. The third-order valence-corrected chi connectivity index (χ3v) is 4.71. The van der Waals surface area contributed by atoms with Gasteiger partial charge in [-0.1, -0.05) is 11.6 Å². The second-order valence-electron chi connectivity index (χ2n) is 5.13. The van der Waals surface area contributed by atoms with Gasteiger partial charge in [0, 0.05) is 6.42 Å². The fourth-order valence-corrected chi connectivity index (χ4v) is 3.03. The van der Waals surface area contributed by atoms with Crippen molar-refractivity contribution < 1.29 is 13.2 Å². The number of hydrogen-bond acceptors (Lipinski definition) is 4. The fourth-order valence-electron chi connectivity index (χ4n) is 2.33. The highest BCUT2D eigenvalue weighted by Gasteiger charge is 2.18. The number of benzene rings is 1.